The molecule has 0 aliphatic rings. The van der Waals surface area contributed by atoms with E-state index in [0.717, 1.165) is 5.30 Å². The van der Waals surface area contributed by atoms with Crippen LogP contribution in [0.4, 0.5) is 0 Å². The Balaban J connectivity index is 2.00. The summed E-state index contributed by atoms with van der Waals surface area (Å²) in [7, 11) is -3.36. The second kappa shape index (κ2) is 7.47. The fraction of sp³-hybridized carbons (Fsp3) is 0. The third-order valence-corrected chi connectivity index (χ3v) is 6.08. The molecule has 0 aliphatic carbocycles. The number of halogens is 1. The van der Waals surface area contributed by atoms with Crippen molar-refractivity contribution < 1.29 is 13.1 Å². The van der Waals surface area contributed by atoms with Crippen molar-refractivity contribution in [1.29, 1.82) is 0 Å². The van der Waals surface area contributed by atoms with Gasteiger partial charge in [0.15, 0.2) is 0 Å². The molecular weight excluding hydrogens is 331 g/mol. The van der Waals surface area contributed by atoms with Crippen molar-refractivity contribution in [3.63, 3.8) is 0 Å². The van der Waals surface area contributed by atoms with Gasteiger partial charge >= 0.3 is 141 Å². The Hall–Kier alpha value is -2.06. The van der Waals surface area contributed by atoms with E-state index in [1.54, 1.807) is 0 Å². The Kier molecular flexibility index (Phi) is 5.14. The molecule has 0 spiro atoms. The number of para-hydroxylation sites is 2. The van der Waals surface area contributed by atoms with Crippen LogP contribution in [0.1, 0.15) is 0 Å². The molecule has 0 bridgehead atoms. The van der Waals surface area contributed by atoms with Crippen LogP contribution in [-0.4, -0.2) is 0 Å². The molecule has 0 atom stereocenters. The minimum atomic E-state index is -3.36. The van der Waals surface area contributed by atoms with Crippen molar-refractivity contribution >= 4 is 25.1 Å². The predicted octanol–water partition coefficient (Wildman–Crippen LogP) is 5.14. The summed E-state index contributed by atoms with van der Waals surface area (Å²) in [6, 6.07) is 28.2. The molecule has 0 aliphatic heterocycles. The molecule has 3 rings (SSSR count). The Morgan fingerprint density at radius 2 is 0.957 bits per heavy atom. The maximum atomic E-state index is 6.10. The molecule has 23 heavy (non-hydrogen) atoms. The van der Waals surface area contributed by atoms with Crippen LogP contribution in [0.15, 0.2) is 91.0 Å². The monoisotopic (exact) mass is 346 g/mol. The molecule has 5 heteroatoms. The fourth-order valence-electron chi connectivity index (χ4n) is 2.14. The van der Waals surface area contributed by atoms with Crippen LogP contribution < -0.4 is 14.4 Å². The first-order valence-electron chi connectivity index (χ1n) is 7.16. The summed E-state index contributed by atoms with van der Waals surface area (Å²) in [5, 5.41) is 0.780. The van der Waals surface area contributed by atoms with E-state index in [2.05, 4.69) is 0 Å². The zero-order chi connectivity index (χ0) is 16.0. The first kappa shape index (κ1) is 15.8. The minimum absolute atomic E-state index is 0.639. The Morgan fingerprint density at radius 1 is 0.565 bits per heavy atom. The van der Waals surface area contributed by atoms with Crippen molar-refractivity contribution in [1.82, 2.24) is 0 Å². The maximum absolute atomic E-state index is 6.10. The average Bonchev–Trinajstić information content (AvgIpc) is 2.63. The molecule has 3 nitrogen and oxygen atoms in total. The summed E-state index contributed by atoms with van der Waals surface area (Å²) in [5.41, 5.74) is 0. The van der Waals surface area contributed by atoms with Gasteiger partial charge in [-0.05, 0) is 0 Å². The fourth-order valence-corrected chi connectivity index (χ4v) is 4.52. The van der Waals surface area contributed by atoms with Crippen LogP contribution in [0.25, 0.3) is 0 Å². The second-order valence-corrected chi connectivity index (χ2v) is 7.54. The van der Waals surface area contributed by atoms with Crippen LogP contribution in [0.2, 0.25) is 0 Å². The Bertz CT molecular complexity index is 682. The molecular formula is C18H16ClO3P. The van der Waals surface area contributed by atoms with Crippen molar-refractivity contribution in [3.05, 3.63) is 91.0 Å². The Labute approximate surface area is 141 Å². The topological polar surface area (TPSA) is 27.7 Å². The summed E-state index contributed by atoms with van der Waals surface area (Å²) in [6.07, 6.45) is 0. The second-order valence-electron chi connectivity index (χ2n) is 4.83. The summed E-state index contributed by atoms with van der Waals surface area (Å²) < 4.78 is 17.5. The van der Waals surface area contributed by atoms with E-state index in [9.17, 15) is 0 Å². The van der Waals surface area contributed by atoms with Gasteiger partial charge in [-0.1, -0.05) is 0 Å². The molecule has 0 amide bonds. The standard InChI is InChI=1S/C18H16ClO3P/c19-22-23(18-14-8-3-9-15-18,20-16-10-4-1-5-11-16)21-17-12-6-2-7-13-17/h1-15,23H. The van der Waals surface area contributed by atoms with Crippen molar-refractivity contribution in [2.45, 2.75) is 0 Å². The molecule has 3 aromatic carbocycles. The van der Waals surface area contributed by atoms with Gasteiger partial charge in [0.2, 0.25) is 0 Å². The van der Waals surface area contributed by atoms with Gasteiger partial charge in [0.05, 0.1) is 0 Å². The van der Waals surface area contributed by atoms with Crippen molar-refractivity contribution in [2.75, 3.05) is 0 Å². The number of rotatable bonds is 6. The summed E-state index contributed by atoms with van der Waals surface area (Å²) in [6.45, 7) is 0. The first-order chi connectivity index (χ1) is 11.3. The van der Waals surface area contributed by atoms with Gasteiger partial charge in [-0.3, -0.25) is 0 Å². The van der Waals surface area contributed by atoms with E-state index in [4.69, 9.17) is 25.0 Å². The van der Waals surface area contributed by atoms with Gasteiger partial charge in [-0.25, -0.2) is 0 Å². The average molecular weight is 347 g/mol. The molecule has 0 unspecified atom stereocenters. The summed E-state index contributed by atoms with van der Waals surface area (Å²) in [5.74, 6) is 1.28. The molecule has 0 fully saturated rings. The zero-order valence-electron chi connectivity index (χ0n) is 12.3. The molecule has 0 saturated carbocycles. The third kappa shape index (κ3) is 3.83. The molecule has 118 valence electrons. The van der Waals surface area contributed by atoms with E-state index in [0.29, 0.717) is 11.5 Å². The third-order valence-electron chi connectivity index (χ3n) is 3.22. The molecule has 0 radical (unpaired) electrons. The van der Waals surface area contributed by atoms with Crippen molar-refractivity contribution in [3.8, 4) is 11.5 Å². The number of benzene rings is 3. The SMILES string of the molecule is ClO[PH](Oc1ccccc1)(Oc1ccccc1)c1ccccc1. The zero-order valence-corrected chi connectivity index (χ0v) is 14.0. The van der Waals surface area contributed by atoms with Gasteiger partial charge in [0.1, 0.15) is 0 Å². The van der Waals surface area contributed by atoms with E-state index in [1.807, 2.05) is 91.0 Å². The van der Waals surface area contributed by atoms with Gasteiger partial charge in [-0.15, -0.1) is 0 Å². The summed E-state index contributed by atoms with van der Waals surface area (Å²) in [4.78, 5) is 0. The molecule has 0 N–H and O–H groups in total. The quantitative estimate of drug-likeness (QED) is 0.579. The molecule has 3 aromatic rings. The van der Waals surface area contributed by atoms with E-state index in [-0.39, 0.29) is 0 Å². The van der Waals surface area contributed by atoms with Crippen LogP contribution in [0.3, 0.4) is 0 Å². The van der Waals surface area contributed by atoms with Gasteiger partial charge in [0.25, 0.3) is 0 Å². The van der Waals surface area contributed by atoms with E-state index >= 15 is 0 Å². The molecule has 0 aromatic heterocycles. The van der Waals surface area contributed by atoms with Gasteiger partial charge in [-0.2, -0.15) is 0 Å². The van der Waals surface area contributed by atoms with Crippen LogP contribution in [-0.2, 0) is 4.08 Å². The van der Waals surface area contributed by atoms with Crippen LogP contribution >= 0.6 is 19.8 Å². The normalized spacial score (nSPS) is 11.7. The number of hydrogen-bond donors (Lipinski definition) is 0. The van der Waals surface area contributed by atoms with E-state index in [1.165, 1.54) is 0 Å². The molecule has 0 saturated heterocycles. The summed E-state index contributed by atoms with van der Waals surface area (Å²) >= 11 is 5.87. The molecule has 0 heterocycles. The van der Waals surface area contributed by atoms with Crippen LogP contribution in [0, 0.1) is 0 Å². The van der Waals surface area contributed by atoms with Crippen molar-refractivity contribution in [2.24, 2.45) is 0 Å². The van der Waals surface area contributed by atoms with Gasteiger partial charge < -0.3 is 0 Å². The van der Waals surface area contributed by atoms with Gasteiger partial charge in [0, 0.05) is 0 Å². The first-order valence-corrected chi connectivity index (χ1v) is 9.19. The predicted molar refractivity (Wildman–Crippen MR) is 95.5 cm³/mol. The Morgan fingerprint density at radius 3 is 1.35 bits per heavy atom. The van der Waals surface area contributed by atoms with Crippen LogP contribution in [0.5, 0.6) is 11.5 Å². The van der Waals surface area contributed by atoms with E-state index < -0.39 is 7.94 Å². The number of hydrogen-bond acceptors (Lipinski definition) is 3.